The fourth-order valence-corrected chi connectivity index (χ4v) is 7.38. The van der Waals surface area contributed by atoms with Crippen LogP contribution < -0.4 is 0 Å². The molecule has 29 heavy (non-hydrogen) atoms. The van der Waals surface area contributed by atoms with Gasteiger partial charge in [-0.25, -0.2) is 0 Å². The zero-order valence-corrected chi connectivity index (χ0v) is 19.2. The molecule has 3 unspecified atom stereocenters. The molecular formula is C25H40O4. The van der Waals surface area contributed by atoms with Crippen LogP contribution in [0.4, 0.5) is 0 Å². The van der Waals surface area contributed by atoms with E-state index in [4.69, 9.17) is 0 Å². The van der Waals surface area contributed by atoms with Crippen molar-refractivity contribution >= 4 is 11.9 Å². The highest BCUT2D eigenvalue weighted by molar-refractivity contribution is 5.82. The van der Waals surface area contributed by atoms with Gasteiger partial charge >= 0.3 is 11.9 Å². The molecule has 0 aromatic rings. The van der Waals surface area contributed by atoms with Gasteiger partial charge in [-0.3, -0.25) is 9.59 Å². The number of hydrogen-bond donors (Lipinski definition) is 1. The predicted molar refractivity (Wildman–Crippen MR) is 114 cm³/mol. The van der Waals surface area contributed by atoms with E-state index in [0.717, 1.165) is 23.7 Å². The molecule has 0 heterocycles. The van der Waals surface area contributed by atoms with Gasteiger partial charge in [-0.1, -0.05) is 39.3 Å². The largest absolute Gasteiger partial charge is 0.394 e. The zero-order valence-electron chi connectivity index (χ0n) is 19.2. The van der Waals surface area contributed by atoms with E-state index in [0.29, 0.717) is 11.3 Å². The Morgan fingerprint density at radius 3 is 2.31 bits per heavy atom. The van der Waals surface area contributed by atoms with Gasteiger partial charge in [0.05, 0.1) is 6.10 Å². The Morgan fingerprint density at radius 2 is 1.72 bits per heavy atom. The second-order valence-corrected chi connectivity index (χ2v) is 10.9. The summed E-state index contributed by atoms with van der Waals surface area (Å²) in [6.45, 7) is 12.0. The van der Waals surface area contributed by atoms with E-state index < -0.39 is 11.9 Å². The van der Waals surface area contributed by atoms with Crippen LogP contribution in [0.2, 0.25) is 0 Å². The number of allylic oxidation sites excluding steroid dienone is 2. The van der Waals surface area contributed by atoms with Gasteiger partial charge in [0.1, 0.15) is 0 Å². The number of hydrogen-bond acceptors (Lipinski definition) is 4. The SMILES string of the molecule is CC(=O)OC(C)=O.C[C@@H]1CC[C@@]2(C)C(=CCC3C2CC[C@@]2(C)C3C[C@@H](C)[C@@H]2O)C1. The summed E-state index contributed by atoms with van der Waals surface area (Å²) in [4.78, 5) is 19.6. The summed E-state index contributed by atoms with van der Waals surface area (Å²) in [5, 5.41) is 10.8. The quantitative estimate of drug-likeness (QED) is 0.338. The molecule has 8 atom stereocenters. The molecule has 4 aliphatic carbocycles. The van der Waals surface area contributed by atoms with E-state index in [-0.39, 0.29) is 11.5 Å². The second-order valence-electron chi connectivity index (χ2n) is 10.9. The van der Waals surface area contributed by atoms with Crippen LogP contribution in [0.15, 0.2) is 11.6 Å². The third-order valence-electron chi connectivity index (χ3n) is 8.92. The van der Waals surface area contributed by atoms with Gasteiger partial charge in [-0.05, 0) is 85.4 Å². The molecule has 0 bridgehead atoms. The molecule has 164 valence electrons. The summed E-state index contributed by atoms with van der Waals surface area (Å²) < 4.78 is 3.97. The van der Waals surface area contributed by atoms with Crippen molar-refractivity contribution in [2.75, 3.05) is 0 Å². The second kappa shape index (κ2) is 8.17. The number of ether oxygens (including phenoxy) is 1. The molecule has 4 rings (SSSR count). The average Bonchev–Trinajstić information content (AvgIpc) is 2.85. The van der Waals surface area contributed by atoms with Crippen LogP contribution in [0, 0.1) is 40.4 Å². The molecule has 4 heteroatoms. The molecule has 4 aliphatic rings. The minimum absolute atomic E-state index is 0.0667. The van der Waals surface area contributed by atoms with Crippen molar-refractivity contribution in [2.24, 2.45) is 40.4 Å². The van der Waals surface area contributed by atoms with Crippen molar-refractivity contribution in [3.8, 4) is 0 Å². The van der Waals surface area contributed by atoms with Crippen LogP contribution in [-0.4, -0.2) is 23.1 Å². The maximum Gasteiger partial charge on any atom is 0.310 e. The van der Waals surface area contributed by atoms with Crippen LogP contribution in [0.25, 0.3) is 0 Å². The maximum absolute atomic E-state index is 10.8. The van der Waals surface area contributed by atoms with Crippen LogP contribution in [-0.2, 0) is 14.3 Å². The van der Waals surface area contributed by atoms with E-state index in [9.17, 15) is 14.7 Å². The lowest BCUT2D eigenvalue weighted by molar-refractivity contribution is -0.156. The van der Waals surface area contributed by atoms with E-state index in [2.05, 4.69) is 38.5 Å². The highest BCUT2D eigenvalue weighted by atomic mass is 16.6. The molecule has 4 nitrogen and oxygen atoms in total. The lowest BCUT2D eigenvalue weighted by atomic mass is 9.47. The maximum atomic E-state index is 10.8. The van der Waals surface area contributed by atoms with Crippen LogP contribution in [0.3, 0.4) is 0 Å². The summed E-state index contributed by atoms with van der Waals surface area (Å²) in [5.74, 6) is 2.73. The Bertz CT molecular complexity index is 670. The summed E-state index contributed by atoms with van der Waals surface area (Å²) in [6, 6.07) is 0. The Morgan fingerprint density at radius 1 is 1.07 bits per heavy atom. The monoisotopic (exact) mass is 404 g/mol. The molecule has 0 aromatic heterocycles. The van der Waals surface area contributed by atoms with Crippen molar-refractivity contribution in [1.29, 1.82) is 0 Å². The van der Waals surface area contributed by atoms with E-state index in [1.165, 1.54) is 58.8 Å². The first-order valence-corrected chi connectivity index (χ1v) is 11.6. The fourth-order valence-electron chi connectivity index (χ4n) is 7.38. The molecule has 0 radical (unpaired) electrons. The number of fused-ring (bicyclic) bond motifs is 5. The molecule has 1 N–H and O–H groups in total. The van der Waals surface area contributed by atoms with Gasteiger partial charge in [-0.15, -0.1) is 0 Å². The van der Waals surface area contributed by atoms with Crippen molar-refractivity contribution < 1.29 is 19.4 Å². The van der Waals surface area contributed by atoms with Crippen molar-refractivity contribution in [1.82, 2.24) is 0 Å². The zero-order chi connectivity index (χ0) is 21.6. The molecule has 0 spiro atoms. The van der Waals surface area contributed by atoms with Crippen LogP contribution in [0.1, 0.15) is 86.5 Å². The number of carbonyl (C=O) groups excluding carboxylic acids is 2. The highest BCUT2D eigenvalue weighted by Crippen LogP contribution is 2.65. The molecule has 3 fully saturated rings. The Kier molecular flexibility index (Phi) is 6.34. The minimum Gasteiger partial charge on any atom is -0.394 e. The van der Waals surface area contributed by atoms with E-state index in [1.54, 1.807) is 5.57 Å². The number of esters is 2. The number of rotatable bonds is 0. The number of aliphatic hydroxyl groups excluding tert-OH is 1. The summed E-state index contributed by atoms with van der Waals surface area (Å²) in [6.07, 6.45) is 11.9. The van der Waals surface area contributed by atoms with Crippen molar-refractivity contribution in [2.45, 2.75) is 92.6 Å². The molecule has 0 aliphatic heterocycles. The molecule has 3 saturated carbocycles. The van der Waals surface area contributed by atoms with Crippen molar-refractivity contribution in [3.05, 3.63) is 11.6 Å². The first-order chi connectivity index (χ1) is 13.5. The van der Waals surface area contributed by atoms with Gasteiger partial charge in [0.15, 0.2) is 0 Å². The highest BCUT2D eigenvalue weighted by Gasteiger charge is 2.59. The average molecular weight is 405 g/mol. The van der Waals surface area contributed by atoms with Gasteiger partial charge < -0.3 is 9.84 Å². The Labute approximate surface area is 176 Å². The molecule has 0 amide bonds. The predicted octanol–water partition coefficient (Wildman–Crippen LogP) is 5.29. The van der Waals surface area contributed by atoms with Crippen molar-refractivity contribution in [3.63, 3.8) is 0 Å². The molecular weight excluding hydrogens is 364 g/mol. The van der Waals surface area contributed by atoms with E-state index >= 15 is 0 Å². The third kappa shape index (κ3) is 4.06. The number of aliphatic hydroxyl groups is 1. The number of carbonyl (C=O) groups is 2. The van der Waals surface area contributed by atoms with Gasteiger partial charge in [0.2, 0.25) is 0 Å². The van der Waals surface area contributed by atoms with Gasteiger partial charge in [0.25, 0.3) is 0 Å². The summed E-state index contributed by atoms with van der Waals surface area (Å²) in [5.41, 5.74) is 2.47. The van der Waals surface area contributed by atoms with Gasteiger partial charge in [-0.2, -0.15) is 0 Å². The normalized spacial score (nSPS) is 45.6. The summed E-state index contributed by atoms with van der Waals surface area (Å²) in [7, 11) is 0. The topological polar surface area (TPSA) is 63.6 Å². The Hall–Kier alpha value is -1.16. The lowest BCUT2D eigenvalue weighted by Crippen LogP contribution is -2.50. The standard InChI is InChI=1S/C21H34O.C4H6O3/c1-13-7-9-20(3)15(11-13)5-6-16-17(20)8-10-21(4)18(16)12-14(2)19(21)22;1-3(5)7-4(2)6/h5,13-14,16-19,22H,6-12H2,1-4H3;1-2H3/t13-,14-,16?,17?,18?,19+,20+,21+;/m1./s1. The van der Waals surface area contributed by atoms with Crippen LogP contribution in [0.5, 0.6) is 0 Å². The van der Waals surface area contributed by atoms with Crippen LogP contribution >= 0.6 is 0 Å². The first kappa shape index (κ1) is 22.5. The molecule has 0 saturated heterocycles. The van der Waals surface area contributed by atoms with Gasteiger partial charge in [0, 0.05) is 13.8 Å². The third-order valence-corrected chi connectivity index (χ3v) is 8.92. The lowest BCUT2D eigenvalue weighted by Gasteiger charge is -2.57. The minimum atomic E-state index is -0.562. The first-order valence-electron chi connectivity index (χ1n) is 11.6. The fraction of sp³-hybridized carbons (Fsp3) is 0.840. The summed E-state index contributed by atoms with van der Waals surface area (Å²) >= 11 is 0. The smallest absolute Gasteiger partial charge is 0.310 e. The Balaban J connectivity index is 0.000000298. The molecule has 0 aromatic carbocycles. The van der Waals surface area contributed by atoms with E-state index in [1.807, 2.05) is 0 Å².